The lowest BCUT2D eigenvalue weighted by atomic mass is 9.93. The predicted octanol–water partition coefficient (Wildman–Crippen LogP) is 4.23. The van der Waals surface area contributed by atoms with Crippen LogP contribution in [0.15, 0.2) is 60.7 Å². The summed E-state index contributed by atoms with van der Waals surface area (Å²) in [6.45, 7) is 5.95. The Bertz CT molecular complexity index is 726. The summed E-state index contributed by atoms with van der Waals surface area (Å²) in [7, 11) is 0. The molecule has 0 bridgehead atoms. The van der Waals surface area contributed by atoms with Gasteiger partial charge < -0.3 is 4.90 Å². The summed E-state index contributed by atoms with van der Waals surface area (Å²) in [4.78, 5) is 19.2. The number of rotatable bonds is 6. The number of hydrogen-bond acceptors (Lipinski definition) is 2. The van der Waals surface area contributed by atoms with Crippen LogP contribution >= 0.6 is 0 Å². The third-order valence-corrected chi connectivity index (χ3v) is 5.93. The summed E-state index contributed by atoms with van der Waals surface area (Å²) in [6, 6.07) is 20.9. The van der Waals surface area contributed by atoms with E-state index in [2.05, 4.69) is 35.2 Å². The Labute approximate surface area is 162 Å². The van der Waals surface area contributed by atoms with Crippen molar-refractivity contribution in [2.24, 2.45) is 5.92 Å². The van der Waals surface area contributed by atoms with Gasteiger partial charge in [-0.2, -0.15) is 0 Å². The molecule has 0 unspecified atom stereocenters. The fraction of sp³-hybridized carbons (Fsp3) is 0.435. The number of benzene rings is 2. The first-order valence-corrected chi connectivity index (χ1v) is 10.2. The molecule has 2 aliphatic heterocycles. The number of para-hydroxylation sites is 1. The molecule has 27 heavy (non-hydrogen) atoms. The van der Waals surface area contributed by atoms with Gasteiger partial charge in [0, 0.05) is 31.9 Å². The highest BCUT2D eigenvalue weighted by Crippen LogP contribution is 2.24. The second kappa shape index (κ2) is 8.57. The minimum Gasteiger partial charge on any atom is -0.323 e. The molecule has 0 aliphatic carbocycles. The molecule has 0 spiro atoms. The molecule has 0 saturated carbocycles. The van der Waals surface area contributed by atoms with Crippen molar-refractivity contribution in [3.8, 4) is 0 Å². The number of piperidine rings is 1. The highest BCUT2D eigenvalue weighted by molar-refractivity contribution is 5.94. The van der Waals surface area contributed by atoms with Crippen LogP contribution in [-0.4, -0.2) is 48.6 Å². The van der Waals surface area contributed by atoms with Crippen LogP contribution in [0.1, 0.15) is 24.8 Å². The van der Waals surface area contributed by atoms with Gasteiger partial charge in [-0.3, -0.25) is 9.80 Å². The van der Waals surface area contributed by atoms with Gasteiger partial charge in [-0.05, 0) is 56.0 Å². The predicted molar refractivity (Wildman–Crippen MR) is 110 cm³/mol. The average molecular weight is 364 g/mol. The van der Waals surface area contributed by atoms with E-state index in [0.29, 0.717) is 0 Å². The lowest BCUT2D eigenvalue weighted by Gasteiger charge is -2.32. The molecule has 2 saturated heterocycles. The molecule has 0 aromatic heterocycles. The number of carbonyl (C=O) groups excluding carboxylic acids is 1. The zero-order chi connectivity index (χ0) is 18.5. The number of likely N-dealkylation sites (tertiary alicyclic amines) is 1. The van der Waals surface area contributed by atoms with Crippen LogP contribution in [0.4, 0.5) is 10.5 Å². The van der Waals surface area contributed by atoms with Crippen molar-refractivity contribution < 1.29 is 4.79 Å². The minimum atomic E-state index is 0.169. The largest absolute Gasteiger partial charge is 0.324 e. The Morgan fingerprint density at radius 2 is 1.48 bits per heavy atom. The maximum Gasteiger partial charge on any atom is 0.324 e. The van der Waals surface area contributed by atoms with Crippen molar-refractivity contribution in [2.45, 2.75) is 25.8 Å². The van der Waals surface area contributed by atoms with Gasteiger partial charge >= 0.3 is 6.03 Å². The van der Waals surface area contributed by atoms with Crippen molar-refractivity contribution in [2.75, 3.05) is 37.6 Å². The van der Waals surface area contributed by atoms with Gasteiger partial charge in [0.25, 0.3) is 0 Å². The average Bonchev–Trinajstić information content (AvgIpc) is 3.09. The van der Waals surface area contributed by atoms with Gasteiger partial charge in [-0.25, -0.2) is 4.79 Å². The van der Waals surface area contributed by atoms with E-state index in [-0.39, 0.29) is 6.03 Å². The summed E-state index contributed by atoms with van der Waals surface area (Å²) >= 11 is 0. The molecule has 4 heteroatoms. The number of anilines is 1. The third kappa shape index (κ3) is 4.51. The van der Waals surface area contributed by atoms with Crippen molar-refractivity contribution in [3.63, 3.8) is 0 Å². The molecule has 142 valence electrons. The molecule has 0 atom stereocenters. The van der Waals surface area contributed by atoms with E-state index in [1.54, 1.807) is 0 Å². The van der Waals surface area contributed by atoms with Crippen LogP contribution in [0.25, 0.3) is 0 Å². The third-order valence-electron chi connectivity index (χ3n) is 5.93. The molecule has 2 aromatic carbocycles. The monoisotopic (exact) mass is 363 g/mol. The van der Waals surface area contributed by atoms with E-state index in [1.807, 2.05) is 40.1 Å². The minimum absolute atomic E-state index is 0.169. The molecule has 0 N–H and O–H groups in total. The second-order valence-corrected chi connectivity index (χ2v) is 7.75. The van der Waals surface area contributed by atoms with Gasteiger partial charge in [0.15, 0.2) is 0 Å². The molecule has 2 fully saturated rings. The zero-order valence-corrected chi connectivity index (χ0v) is 16.0. The van der Waals surface area contributed by atoms with Crippen LogP contribution in [-0.2, 0) is 6.54 Å². The molecule has 0 radical (unpaired) electrons. The van der Waals surface area contributed by atoms with Crippen LogP contribution in [0.5, 0.6) is 0 Å². The van der Waals surface area contributed by atoms with E-state index in [0.717, 1.165) is 44.2 Å². The number of hydrogen-bond donors (Lipinski definition) is 0. The number of urea groups is 1. The van der Waals surface area contributed by atoms with Crippen molar-refractivity contribution in [1.82, 2.24) is 9.80 Å². The van der Waals surface area contributed by atoms with Crippen molar-refractivity contribution in [3.05, 3.63) is 66.2 Å². The Morgan fingerprint density at radius 3 is 2.19 bits per heavy atom. The highest BCUT2D eigenvalue weighted by Gasteiger charge is 2.30. The smallest absolute Gasteiger partial charge is 0.323 e. The Hall–Kier alpha value is -2.33. The first-order valence-electron chi connectivity index (χ1n) is 10.2. The van der Waals surface area contributed by atoms with Gasteiger partial charge in [-0.1, -0.05) is 48.5 Å². The van der Waals surface area contributed by atoms with Crippen molar-refractivity contribution >= 4 is 11.7 Å². The van der Waals surface area contributed by atoms with Gasteiger partial charge in [0.05, 0.1) is 0 Å². The van der Waals surface area contributed by atoms with Gasteiger partial charge in [0.2, 0.25) is 0 Å². The molecule has 2 amide bonds. The molecule has 2 aromatic rings. The van der Waals surface area contributed by atoms with Crippen molar-refractivity contribution in [1.29, 1.82) is 0 Å². The zero-order valence-electron chi connectivity index (χ0n) is 16.0. The number of nitrogens with zero attached hydrogens (tertiary/aromatic N) is 3. The summed E-state index contributed by atoms with van der Waals surface area (Å²) in [5, 5.41) is 0. The Morgan fingerprint density at radius 1 is 0.815 bits per heavy atom. The van der Waals surface area contributed by atoms with E-state index < -0.39 is 0 Å². The van der Waals surface area contributed by atoms with Crippen LogP contribution < -0.4 is 4.90 Å². The maximum absolute atomic E-state index is 12.7. The highest BCUT2D eigenvalue weighted by atomic mass is 16.2. The van der Waals surface area contributed by atoms with E-state index in [1.165, 1.54) is 31.5 Å². The van der Waals surface area contributed by atoms with Gasteiger partial charge in [-0.15, -0.1) is 0 Å². The lowest BCUT2D eigenvalue weighted by molar-refractivity contribution is 0.163. The van der Waals surface area contributed by atoms with Crippen LogP contribution in [0.3, 0.4) is 0 Å². The molecule has 4 nitrogen and oxygen atoms in total. The molecular formula is C23H29N3O. The number of carbonyl (C=O) groups is 1. The summed E-state index contributed by atoms with van der Waals surface area (Å²) in [6.07, 6.45) is 3.63. The fourth-order valence-electron chi connectivity index (χ4n) is 4.25. The quantitative estimate of drug-likeness (QED) is 0.768. The normalized spacial score (nSPS) is 19.0. The van der Waals surface area contributed by atoms with Crippen LogP contribution in [0.2, 0.25) is 0 Å². The van der Waals surface area contributed by atoms with Gasteiger partial charge in [0.1, 0.15) is 0 Å². The molecular weight excluding hydrogens is 334 g/mol. The fourth-order valence-corrected chi connectivity index (χ4v) is 4.25. The number of amides is 2. The van der Waals surface area contributed by atoms with E-state index >= 15 is 0 Å². The standard InChI is InChI=1S/C23H29N3O/c27-23-25(17-18-26(23)22-9-5-2-6-10-22)16-13-20-11-14-24(15-12-20)19-21-7-3-1-4-8-21/h1-10,20H,11-19H2. The van der Waals surface area contributed by atoms with E-state index in [9.17, 15) is 4.79 Å². The topological polar surface area (TPSA) is 26.8 Å². The summed E-state index contributed by atoms with van der Waals surface area (Å²) in [5.74, 6) is 0.746. The SMILES string of the molecule is O=C1N(CCC2CCN(Cc3ccccc3)CC2)CCN1c1ccccc1. The van der Waals surface area contributed by atoms with Crippen LogP contribution in [0, 0.1) is 5.92 Å². The Kier molecular flexibility index (Phi) is 5.73. The molecule has 2 heterocycles. The first-order chi connectivity index (χ1) is 13.3. The molecule has 2 aliphatic rings. The Balaban J connectivity index is 1.21. The maximum atomic E-state index is 12.7. The lowest BCUT2D eigenvalue weighted by Crippen LogP contribution is -2.36. The van der Waals surface area contributed by atoms with E-state index in [4.69, 9.17) is 0 Å². The second-order valence-electron chi connectivity index (χ2n) is 7.75. The summed E-state index contributed by atoms with van der Waals surface area (Å²) in [5.41, 5.74) is 2.42. The first kappa shape index (κ1) is 18.1. The molecule has 4 rings (SSSR count). The summed E-state index contributed by atoms with van der Waals surface area (Å²) < 4.78 is 0.